The van der Waals surface area contributed by atoms with Crippen molar-refractivity contribution in [2.75, 3.05) is 19.8 Å². The minimum atomic E-state index is -1.80. The number of amides is 2. The zero-order chi connectivity index (χ0) is 23.7. The van der Waals surface area contributed by atoms with Crippen molar-refractivity contribution in [3.63, 3.8) is 0 Å². The Morgan fingerprint density at radius 2 is 1.53 bits per heavy atom. The monoisotopic (exact) mass is 464 g/mol. The van der Waals surface area contributed by atoms with Gasteiger partial charge in [0.05, 0.1) is 37.1 Å². The van der Waals surface area contributed by atoms with E-state index in [2.05, 4.69) is 10.6 Å². The third kappa shape index (κ3) is 4.33. The zero-order valence-corrected chi connectivity index (χ0v) is 17.1. The van der Waals surface area contributed by atoms with Crippen molar-refractivity contribution in [1.29, 1.82) is 0 Å². The molecule has 3 aliphatic rings. The summed E-state index contributed by atoms with van der Waals surface area (Å²) in [5.74, 6) is -0.991. The van der Waals surface area contributed by atoms with Crippen LogP contribution in [0.5, 0.6) is 0 Å². The molecular weight excluding hydrogens is 436 g/mol. The van der Waals surface area contributed by atoms with E-state index in [4.69, 9.17) is 14.2 Å². The average molecular weight is 464 g/mol. The van der Waals surface area contributed by atoms with E-state index in [0.29, 0.717) is 0 Å². The van der Waals surface area contributed by atoms with Gasteiger partial charge in [0.1, 0.15) is 54.9 Å². The second-order valence-electron chi connectivity index (χ2n) is 7.68. The van der Waals surface area contributed by atoms with E-state index in [-0.39, 0.29) is 17.9 Å². The van der Waals surface area contributed by atoms with E-state index < -0.39 is 86.2 Å². The van der Waals surface area contributed by atoms with Gasteiger partial charge in [-0.05, 0) is 6.92 Å². The number of aliphatic hydroxyl groups is 7. The van der Waals surface area contributed by atoms with Crippen LogP contribution in [0.25, 0.3) is 0 Å². The van der Waals surface area contributed by atoms with Gasteiger partial charge in [0, 0.05) is 0 Å². The molecule has 3 heterocycles. The SMILES string of the molecule is CCOC(=O)C1=C(C2OC(CO)C(O)C2O)NC(=O)NC1[C@H]1O[C@H](CO)[C@@H](O)[C@H](O)[C@@H]1O. The van der Waals surface area contributed by atoms with Crippen LogP contribution in [0, 0.1) is 0 Å². The largest absolute Gasteiger partial charge is 0.463 e. The van der Waals surface area contributed by atoms with Crippen LogP contribution < -0.4 is 10.6 Å². The Balaban J connectivity index is 2.07. The molecule has 0 aromatic rings. The first kappa shape index (κ1) is 24.8. The summed E-state index contributed by atoms with van der Waals surface area (Å²) in [5.41, 5.74) is -0.637. The fourth-order valence-electron chi connectivity index (χ4n) is 4.07. The predicted octanol–water partition coefficient (Wildman–Crippen LogP) is -5.19. The Hall–Kier alpha value is -1.88. The van der Waals surface area contributed by atoms with Crippen LogP contribution in [0.3, 0.4) is 0 Å². The van der Waals surface area contributed by atoms with E-state index in [1.54, 1.807) is 0 Å². The van der Waals surface area contributed by atoms with E-state index in [9.17, 15) is 45.3 Å². The molecule has 182 valence electrons. The van der Waals surface area contributed by atoms with Gasteiger partial charge < -0.3 is 60.6 Å². The molecule has 3 rings (SSSR count). The quantitative estimate of drug-likeness (QED) is 0.168. The molecule has 2 amide bonds. The highest BCUT2D eigenvalue weighted by molar-refractivity contribution is 5.95. The molecule has 9 N–H and O–H groups in total. The number of carbonyl (C=O) groups is 2. The maximum absolute atomic E-state index is 12.8. The normalized spacial score (nSPS) is 42.4. The van der Waals surface area contributed by atoms with Crippen molar-refractivity contribution in [2.45, 2.75) is 67.9 Å². The first-order valence-electron chi connectivity index (χ1n) is 10.1. The molecule has 0 spiro atoms. The van der Waals surface area contributed by atoms with Crippen molar-refractivity contribution in [3.05, 3.63) is 11.3 Å². The number of urea groups is 1. The lowest BCUT2D eigenvalue weighted by molar-refractivity contribution is -0.233. The molecule has 2 fully saturated rings. The first-order chi connectivity index (χ1) is 15.2. The standard InChI is InChI=1S/C18H28N2O12/c1-2-30-17(28)7-8(15-13(26)11(24)6(4-22)32-15)19-18(29)20-9(7)16-14(27)12(25)10(23)5(3-21)31-16/h5-6,9-16,21-27H,2-4H2,1H3,(H2,19,20,29)/t5-,6?,9?,10-,11?,12+,13?,14+,15?,16-/m1/s1. The maximum atomic E-state index is 12.8. The number of esters is 1. The summed E-state index contributed by atoms with van der Waals surface area (Å²) in [4.78, 5) is 25.2. The third-order valence-corrected chi connectivity index (χ3v) is 5.72. The van der Waals surface area contributed by atoms with Gasteiger partial charge in [-0.25, -0.2) is 9.59 Å². The number of hydrogen-bond acceptors (Lipinski definition) is 12. The number of carbonyl (C=O) groups excluding carboxylic acids is 2. The van der Waals surface area contributed by atoms with Crippen LogP contribution in [0.1, 0.15) is 6.92 Å². The average Bonchev–Trinajstić information content (AvgIpc) is 3.05. The molecule has 10 atom stereocenters. The summed E-state index contributed by atoms with van der Waals surface area (Å²) in [7, 11) is 0. The molecule has 14 nitrogen and oxygen atoms in total. The molecule has 0 aromatic carbocycles. The lowest BCUT2D eigenvalue weighted by Crippen LogP contribution is -2.67. The topological polar surface area (TPSA) is 227 Å². The fourth-order valence-corrected chi connectivity index (χ4v) is 4.07. The van der Waals surface area contributed by atoms with Crippen molar-refractivity contribution < 1.29 is 59.5 Å². The molecule has 3 aliphatic heterocycles. The van der Waals surface area contributed by atoms with Crippen LogP contribution in [-0.4, -0.2) is 129 Å². The van der Waals surface area contributed by atoms with E-state index in [1.807, 2.05) is 0 Å². The number of ether oxygens (including phenoxy) is 3. The number of nitrogens with one attached hydrogen (secondary N) is 2. The van der Waals surface area contributed by atoms with Crippen molar-refractivity contribution in [3.8, 4) is 0 Å². The summed E-state index contributed by atoms with van der Waals surface area (Å²) < 4.78 is 16.0. The van der Waals surface area contributed by atoms with Gasteiger partial charge in [0.15, 0.2) is 0 Å². The van der Waals surface area contributed by atoms with E-state index in [1.165, 1.54) is 6.92 Å². The number of rotatable bonds is 6. The lowest BCUT2D eigenvalue weighted by Gasteiger charge is -2.45. The molecule has 0 saturated carbocycles. The minimum absolute atomic E-state index is 0.0824. The Bertz CT molecular complexity index is 745. The summed E-state index contributed by atoms with van der Waals surface area (Å²) in [6.07, 6.45) is -13.9. The maximum Gasteiger partial charge on any atom is 0.338 e. The number of hydrogen-bond donors (Lipinski definition) is 9. The summed E-state index contributed by atoms with van der Waals surface area (Å²) in [6, 6.07) is -2.36. The Kier molecular flexibility index (Phi) is 7.69. The number of aliphatic hydroxyl groups excluding tert-OH is 7. The van der Waals surface area contributed by atoms with Gasteiger partial charge in [-0.1, -0.05) is 0 Å². The van der Waals surface area contributed by atoms with Crippen LogP contribution in [-0.2, 0) is 19.0 Å². The minimum Gasteiger partial charge on any atom is -0.463 e. The molecule has 0 radical (unpaired) electrons. The molecule has 0 aromatic heterocycles. The lowest BCUT2D eigenvalue weighted by atomic mass is 9.85. The Morgan fingerprint density at radius 3 is 2.09 bits per heavy atom. The summed E-state index contributed by atoms with van der Waals surface area (Å²) >= 11 is 0. The summed E-state index contributed by atoms with van der Waals surface area (Å²) in [5, 5.41) is 74.6. The highest BCUT2D eigenvalue weighted by Gasteiger charge is 2.53. The highest BCUT2D eigenvalue weighted by atomic mass is 16.6. The Morgan fingerprint density at radius 1 is 0.938 bits per heavy atom. The van der Waals surface area contributed by atoms with Gasteiger partial charge in [-0.2, -0.15) is 0 Å². The van der Waals surface area contributed by atoms with Crippen LogP contribution in [0.15, 0.2) is 11.3 Å². The smallest absolute Gasteiger partial charge is 0.338 e. The van der Waals surface area contributed by atoms with Gasteiger partial charge in [-0.3, -0.25) is 0 Å². The van der Waals surface area contributed by atoms with E-state index >= 15 is 0 Å². The fraction of sp³-hybridized carbons (Fsp3) is 0.778. The summed E-state index contributed by atoms with van der Waals surface area (Å²) in [6.45, 7) is 0.0444. The van der Waals surface area contributed by atoms with Crippen LogP contribution in [0.4, 0.5) is 4.79 Å². The van der Waals surface area contributed by atoms with Crippen molar-refractivity contribution >= 4 is 12.0 Å². The highest BCUT2D eigenvalue weighted by Crippen LogP contribution is 2.33. The molecule has 2 saturated heterocycles. The molecule has 32 heavy (non-hydrogen) atoms. The van der Waals surface area contributed by atoms with Crippen LogP contribution >= 0.6 is 0 Å². The molecule has 0 aliphatic carbocycles. The second kappa shape index (κ2) is 9.94. The van der Waals surface area contributed by atoms with E-state index in [0.717, 1.165) is 0 Å². The Labute approximate surface area is 182 Å². The van der Waals surface area contributed by atoms with Gasteiger partial charge in [0.25, 0.3) is 0 Å². The van der Waals surface area contributed by atoms with Crippen LogP contribution in [0.2, 0.25) is 0 Å². The molecular formula is C18H28N2O12. The second-order valence-corrected chi connectivity index (χ2v) is 7.68. The van der Waals surface area contributed by atoms with Gasteiger partial charge in [-0.15, -0.1) is 0 Å². The molecule has 0 bridgehead atoms. The zero-order valence-electron chi connectivity index (χ0n) is 17.1. The molecule has 5 unspecified atom stereocenters. The van der Waals surface area contributed by atoms with Crippen molar-refractivity contribution in [2.24, 2.45) is 0 Å². The molecule has 14 heteroatoms. The van der Waals surface area contributed by atoms with Gasteiger partial charge >= 0.3 is 12.0 Å². The third-order valence-electron chi connectivity index (χ3n) is 5.72. The predicted molar refractivity (Wildman–Crippen MR) is 101 cm³/mol. The van der Waals surface area contributed by atoms with Gasteiger partial charge in [0.2, 0.25) is 0 Å². The van der Waals surface area contributed by atoms with Crippen molar-refractivity contribution in [1.82, 2.24) is 10.6 Å². The first-order valence-corrected chi connectivity index (χ1v) is 10.1.